The van der Waals surface area contributed by atoms with Crippen LogP contribution in [0, 0.1) is 16.9 Å². The molecule has 170 valence electrons. The van der Waals surface area contributed by atoms with Gasteiger partial charge < -0.3 is 10.9 Å². The number of hydrogen-bond donors (Lipinski definition) is 2. The predicted molar refractivity (Wildman–Crippen MR) is 122 cm³/mol. The van der Waals surface area contributed by atoms with E-state index in [0.717, 1.165) is 38.8 Å². The lowest BCUT2D eigenvalue weighted by Gasteiger charge is -2.53. The zero-order valence-corrected chi connectivity index (χ0v) is 20.5. The van der Waals surface area contributed by atoms with Gasteiger partial charge in [-0.05, 0) is 64.2 Å². The van der Waals surface area contributed by atoms with E-state index in [-0.39, 0.29) is 21.9 Å². The topological polar surface area (TPSA) is 56.3 Å². The van der Waals surface area contributed by atoms with Crippen LogP contribution in [0.5, 0.6) is 0 Å². The SMILES string of the molecule is CC1(C)CCCN(Nc2nc(F)nc(NN3CCCC(C)(C)C3(C)C)c2Cl)C1(C)C. The van der Waals surface area contributed by atoms with Crippen molar-refractivity contribution in [3.63, 3.8) is 0 Å². The molecule has 0 unspecified atom stereocenters. The quantitative estimate of drug-likeness (QED) is 0.583. The van der Waals surface area contributed by atoms with Crippen LogP contribution >= 0.6 is 11.6 Å². The lowest BCUT2D eigenvalue weighted by Crippen LogP contribution is -2.60. The molecule has 2 aliphatic rings. The van der Waals surface area contributed by atoms with Crippen molar-refractivity contribution in [1.29, 1.82) is 0 Å². The number of halogens is 2. The third kappa shape index (κ3) is 4.00. The largest absolute Gasteiger partial charge is 0.312 e. The van der Waals surface area contributed by atoms with Crippen molar-refractivity contribution in [2.45, 2.75) is 92.2 Å². The van der Waals surface area contributed by atoms with Gasteiger partial charge in [-0.25, -0.2) is 10.0 Å². The Kier molecular flexibility index (Phi) is 6.06. The molecule has 3 heterocycles. The normalized spacial score (nSPS) is 25.7. The Bertz CT molecular complexity index is 731. The maximum Gasteiger partial charge on any atom is 0.312 e. The first-order valence-electron chi connectivity index (χ1n) is 11.0. The number of aromatic nitrogens is 2. The van der Waals surface area contributed by atoms with Gasteiger partial charge in [0, 0.05) is 24.2 Å². The van der Waals surface area contributed by atoms with Gasteiger partial charge in [-0.15, -0.1) is 0 Å². The van der Waals surface area contributed by atoms with Crippen LogP contribution in [0.3, 0.4) is 0 Å². The lowest BCUT2D eigenvalue weighted by atomic mass is 9.69. The second-order valence-corrected chi connectivity index (χ2v) is 11.5. The van der Waals surface area contributed by atoms with Gasteiger partial charge in [0.25, 0.3) is 0 Å². The zero-order chi connectivity index (χ0) is 22.5. The van der Waals surface area contributed by atoms with Gasteiger partial charge in [0.15, 0.2) is 11.6 Å². The van der Waals surface area contributed by atoms with Gasteiger partial charge >= 0.3 is 6.08 Å². The van der Waals surface area contributed by atoms with E-state index in [2.05, 4.69) is 86.2 Å². The summed E-state index contributed by atoms with van der Waals surface area (Å²) in [6.45, 7) is 19.5. The predicted octanol–water partition coefficient (Wildman–Crippen LogP) is 5.72. The fourth-order valence-electron chi connectivity index (χ4n) is 4.47. The molecule has 8 heteroatoms. The number of hydrazine groups is 2. The van der Waals surface area contributed by atoms with Crippen LogP contribution < -0.4 is 10.9 Å². The lowest BCUT2D eigenvalue weighted by molar-refractivity contribution is -0.0139. The summed E-state index contributed by atoms with van der Waals surface area (Å²) in [6.07, 6.45) is 3.58. The van der Waals surface area contributed by atoms with E-state index in [1.165, 1.54) is 0 Å². The Labute approximate surface area is 185 Å². The maximum absolute atomic E-state index is 14.4. The fraction of sp³-hybridized carbons (Fsp3) is 0.818. The van der Waals surface area contributed by atoms with E-state index in [4.69, 9.17) is 11.6 Å². The highest BCUT2D eigenvalue weighted by Gasteiger charge is 2.46. The number of anilines is 2. The van der Waals surface area contributed by atoms with Crippen molar-refractivity contribution in [3.8, 4) is 0 Å². The van der Waals surface area contributed by atoms with Crippen molar-refractivity contribution in [1.82, 2.24) is 20.0 Å². The summed E-state index contributed by atoms with van der Waals surface area (Å²) < 4.78 is 14.4. The molecule has 1 aromatic heterocycles. The average molecular weight is 441 g/mol. The Hall–Kier alpha value is -1.18. The second-order valence-electron chi connectivity index (χ2n) is 11.1. The minimum absolute atomic E-state index is 0.0980. The van der Waals surface area contributed by atoms with Crippen LogP contribution in [0.2, 0.25) is 5.02 Å². The first-order chi connectivity index (χ1) is 13.7. The summed E-state index contributed by atoms with van der Waals surface area (Å²) in [5.74, 6) is 0.595. The van der Waals surface area contributed by atoms with Crippen LogP contribution in [0.25, 0.3) is 0 Å². The van der Waals surface area contributed by atoms with Crippen LogP contribution in [0.1, 0.15) is 81.1 Å². The van der Waals surface area contributed by atoms with E-state index in [1.807, 2.05) is 0 Å². The molecular formula is C22H38ClFN6. The molecule has 2 N–H and O–H groups in total. The first-order valence-corrected chi connectivity index (χ1v) is 11.4. The highest BCUT2D eigenvalue weighted by molar-refractivity contribution is 6.35. The minimum atomic E-state index is -0.799. The van der Waals surface area contributed by atoms with Crippen LogP contribution in [-0.2, 0) is 0 Å². The fourth-order valence-corrected chi connectivity index (χ4v) is 4.64. The number of hydrogen-bond acceptors (Lipinski definition) is 6. The van der Waals surface area contributed by atoms with Crippen molar-refractivity contribution in [2.24, 2.45) is 10.8 Å². The summed E-state index contributed by atoms with van der Waals surface area (Å²) >= 11 is 6.68. The molecule has 30 heavy (non-hydrogen) atoms. The molecule has 2 aliphatic heterocycles. The molecule has 0 atom stereocenters. The maximum atomic E-state index is 14.4. The second kappa shape index (κ2) is 7.75. The molecule has 2 fully saturated rings. The molecule has 2 saturated heterocycles. The van der Waals surface area contributed by atoms with Gasteiger partial charge in [0.05, 0.1) is 0 Å². The van der Waals surface area contributed by atoms with Gasteiger partial charge in [-0.2, -0.15) is 14.4 Å². The molecule has 0 aliphatic carbocycles. The highest BCUT2D eigenvalue weighted by atomic mass is 35.5. The molecule has 0 saturated carbocycles. The van der Waals surface area contributed by atoms with Gasteiger partial charge in [0.1, 0.15) is 5.02 Å². The summed E-state index contributed by atoms with van der Waals surface area (Å²) in [6, 6.07) is 0. The Morgan fingerprint density at radius 1 is 0.767 bits per heavy atom. The zero-order valence-electron chi connectivity index (χ0n) is 19.8. The molecule has 1 aromatic rings. The third-order valence-corrected chi connectivity index (χ3v) is 8.69. The van der Waals surface area contributed by atoms with Crippen molar-refractivity contribution < 1.29 is 4.39 Å². The van der Waals surface area contributed by atoms with E-state index < -0.39 is 6.08 Å². The molecule has 0 bridgehead atoms. The molecule has 0 amide bonds. The van der Waals surface area contributed by atoms with E-state index in [9.17, 15) is 4.39 Å². The number of rotatable bonds is 4. The van der Waals surface area contributed by atoms with Crippen molar-refractivity contribution in [3.05, 3.63) is 11.1 Å². The summed E-state index contributed by atoms with van der Waals surface area (Å²) in [7, 11) is 0. The standard InChI is InChI=1S/C22H38ClFN6/c1-19(2)11-9-13-29(21(19,5)6)27-16-15(23)17(26-18(24)25-16)28-30-14-10-12-20(3,4)22(30,7)8/h9-14H2,1-8H3,(H2,25,26,27,28). The third-order valence-electron chi connectivity index (χ3n) is 8.33. The van der Waals surface area contributed by atoms with Crippen molar-refractivity contribution >= 4 is 23.2 Å². The smallest absolute Gasteiger partial charge is 0.301 e. The Balaban J connectivity index is 1.88. The average Bonchev–Trinajstić information content (AvgIpc) is 2.60. The molecule has 6 nitrogen and oxygen atoms in total. The first kappa shape index (κ1) is 23.5. The van der Waals surface area contributed by atoms with E-state index in [1.54, 1.807) is 0 Å². The number of piperidine rings is 2. The van der Waals surface area contributed by atoms with Crippen LogP contribution in [0.15, 0.2) is 0 Å². The van der Waals surface area contributed by atoms with Gasteiger partial charge in [-0.3, -0.25) is 0 Å². The number of nitrogens with one attached hydrogen (secondary N) is 2. The summed E-state index contributed by atoms with van der Waals surface area (Å²) in [5.41, 5.74) is 6.50. The van der Waals surface area contributed by atoms with Gasteiger partial charge in [-0.1, -0.05) is 39.3 Å². The minimum Gasteiger partial charge on any atom is -0.301 e. The number of nitrogens with zero attached hydrogens (tertiary/aromatic N) is 4. The Morgan fingerprint density at radius 3 is 1.50 bits per heavy atom. The van der Waals surface area contributed by atoms with Crippen LogP contribution in [0.4, 0.5) is 16.0 Å². The van der Waals surface area contributed by atoms with E-state index >= 15 is 0 Å². The van der Waals surface area contributed by atoms with Gasteiger partial charge in [0.2, 0.25) is 0 Å². The molecule has 0 radical (unpaired) electrons. The van der Waals surface area contributed by atoms with E-state index in [0.29, 0.717) is 16.7 Å². The summed E-state index contributed by atoms with van der Waals surface area (Å²) in [4.78, 5) is 7.96. The molecule has 0 spiro atoms. The molecule has 3 rings (SSSR count). The molecule has 0 aromatic carbocycles. The van der Waals surface area contributed by atoms with Crippen molar-refractivity contribution in [2.75, 3.05) is 23.9 Å². The highest BCUT2D eigenvalue weighted by Crippen LogP contribution is 2.45. The Morgan fingerprint density at radius 2 is 1.13 bits per heavy atom. The summed E-state index contributed by atoms with van der Waals surface area (Å²) in [5, 5.41) is 4.55. The monoisotopic (exact) mass is 440 g/mol. The van der Waals surface area contributed by atoms with Crippen LogP contribution in [-0.4, -0.2) is 44.2 Å². The molecular weight excluding hydrogens is 403 g/mol.